The Balaban J connectivity index is 1.25. The highest BCUT2D eigenvalue weighted by molar-refractivity contribution is 9.11. The molecule has 0 N–H and O–H groups in total. The third kappa shape index (κ3) is 8.95. The molecule has 4 aromatic rings. The Morgan fingerprint density at radius 1 is 0.577 bits per heavy atom. The van der Waals surface area contributed by atoms with E-state index in [0.29, 0.717) is 0 Å². The maximum atomic E-state index is 4.44. The summed E-state index contributed by atoms with van der Waals surface area (Å²) in [5.74, 6) is 29.7. The zero-order valence-corrected chi connectivity index (χ0v) is 45.1. The van der Waals surface area contributed by atoms with Crippen LogP contribution < -0.4 is 0 Å². The predicted octanol–water partition coefficient (Wildman–Crippen LogP) is 17.1. The van der Waals surface area contributed by atoms with Gasteiger partial charge in [0, 0.05) is 58.7 Å². The van der Waals surface area contributed by atoms with Gasteiger partial charge in [-0.1, -0.05) is 204 Å². The molecular weight excluding hydrogens is 989 g/mol. The van der Waals surface area contributed by atoms with Crippen LogP contribution in [0.2, 0.25) is 0 Å². The molecule has 6 aliphatic carbocycles. The summed E-state index contributed by atoms with van der Waals surface area (Å²) in [4.78, 5) is 0. The molecule has 0 aromatic heterocycles. The lowest BCUT2D eigenvalue weighted by Gasteiger charge is -2.41. The molecule has 4 aromatic carbocycles. The van der Waals surface area contributed by atoms with E-state index in [4.69, 9.17) is 0 Å². The van der Waals surface area contributed by atoms with Crippen molar-refractivity contribution in [2.45, 2.75) is 108 Å². The smallest absolute Gasteiger partial charge is 0.0988 e. The second-order valence-corrected chi connectivity index (χ2v) is 23.4. The molecule has 2 heteroatoms. The maximum absolute atomic E-state index is 4.44. The summed E-state index contributed by atoms with van der Waals surface area (Å²) >= 11 is 8.66. The highest BCUT2D eigenvalue weighted by atomic mass is 79.9. The van der Waals surface area contributed by atoms with Gasteiger partial charge in [-0.3, -0.25) is 0 Å². The molecular formula is C69H60Br2. The molecule has 0 aliphatic heterocycles. The molecule has 6 aliphatic rings. The van der Waals surface area contributed by atoms with Gasteiger partial charge in [0.05, 0.1) is 5.41 Å². The van der Waals surface area contributed by atoms with Crippen LogP contribution in [0.5, 0.6) is 0 Å². The van der Waals surface area contributed by atoms with Crippen LogP contribution in [0.25, 0.3) is 0 Å². The Morgan fingerprint density at radius 3 is 1.85 bits per heavy atom. The number of benzene rings is 4. The summed E-state index contributed by atoms with van der Waals surface area (Å²) < 4.78 is 2.06. The fourth-order valence-corrected chi connectivity index (χ4v) is 14.2. The van der Waals surface area contributed by atoms with Gasteiger partial charge in [-0.15, -0.1) is 6.58 Å². The zero-order valence-electron chi connectivity index (χ0n) is 41.9. The van der Waals surface area contributed by atoms with Crippen molar-refractivity contribution in [3.8, 4) is 47.4 Å². The Bertz CT molecular complexity index is 3410. The van der Waals surface area contributed by atoms with E-state index in [1.54, 1.807) is 0 Å². The number of allylic oxidation sites excluding steroid dienone is 17. The average molecular weight is 1050 g/mol. The Labute approximate surface area is 441 Å². The number of fused-ring (bicyclic) bond motifs is 1. The van der Waals surface area contributed by atoms with E-state index in [1.807, 2.05) is 36.4 Å². The van der Waals surface area contributed by atoms with Crippen LogP contribution in [-0.4, -0.2) is 0 Å². The Hall–Kier alpha value is -6.26. The van der Waals surface area contributed by atoms with Crippen LogP contribution in [0.1, 0.15) is 131 Å². The summed E-state index contributed by atoms with van der Waals surface area (Å²) in [5, 5.41) is 0. The molecule has 350 valence electrons. The fraction of sp³-hybridized carbons (Fsp3) is 0.275. The summed E-state index contributed by atoms with van der Waals surface area (Å²) in [6.45, 7) is 19.0. The highest BCUT2D eigenvalue weighted by Gasteiger charge is 2.60. The summed E-state index contributed by atoms with van der Waals surface area (Å²) in [6, 6.07) is 29.6. The topological polar surface area (TPSA) is 0 Å². The van der Waals surface area contributed by atoms with Crippen LogP contribution in [0.15, 0.2) is 201 Å². The van der Waals surface area contributed by atoms with E-state index >= 15 is 0 Å². The summed E-state index contributed by atoms with van der Waals surface area (Å²) in [5.41, 5.74) is 14.3. The van der Waals surface area contributed by atoms with Gasteiger partial charge in [-0.2, -0.15) is 0 Å². The number of hydrogen-bond donors (Lipinski definition) is 0. The monoisotopic (exact) mass is 1050 g/mol. The van der Waals surface area contributed by atoms with Crippen LogP contribution in [0.4, 0.5) is 0 Å². The molecule has 71 heavy (non-hydrogen) atoms. The molecule has 0 saturated heterocycles. The first-order valence-electron chi connectivity index (χ1n) is 25.3. The van der Waals surface area contributed by atoms with Crippen molar-refractivity contribution in [3.05, 3.63) is 245 Å². The van der Waals surface area contributed by atoms with Crippen molar-refractivity contribution in [2.75, 3.05) is 0 Å². The molecule has 4 atom stereocenters. The van der Waals surface area contributed by atoms with Crippen molar-refractivity contribution in [2.24, 2.45) is 11.3 Å². The van der Waals surface area contributed by atoms with E-state index < -0.39 is 10.8 Å². The number of rotatable bonds is 4. The normalized spacial score (nSPS) is 25.0. The quantitative estimate of drug-likeness (QED) is 0.141. The summed E-state index contributed by atoms with van der Waals surface area (Å²) in [6.07, 6.45) is 31.9. The number of halogens is 2. The van der Waals surface area contributed by atoms with E-state index in [-0.39, 0.29) is 22.2 Å². The molecule has 0 saturated carbocycles. The van der Waals surface area contributed by atoms with Gasteiger partial charge in [0.1, 0.15) is 0 Å². The molecule has 10 rings (SSSR count). The molecule has 0 spiro atoms. The second kappa shape index (κ2) is 19.1. The minimum absolute atomic E-state index is 0.158. The number of hydrogen-bond acceptors (Lipinski definition) is 0. The first kappa shape index (κ1) is 48.4. The largest absolute Gasteiger partial charge is 0.102 e. The van der Waals surface area contributed by atoms with E-state index in [1.165, 1.54) is 39.0 Å². The minimum atomic E-state index is -0.834. The van der Waals surface area contributed by atoms with Gasteiger partial charge >= 0.3 is 0 Å². The lowest BCUT2D eigenvalue weighted by molar-refractivity contribution is 0.360. The van der Waals surface area contributed by atoms with Crippen molar-refractivity contribution in [1.29, 1.82) is 0 Å². The Morgan fingerprint density at radius 2 is 1.20 bits per heavy atom. The third-order valence-electron chi connectivity index (χ3n) is 15.7. The minimum Gasteiger partial charge on any atom is -0.102 e. The molecule has 0 amide bonds. The van der Waals surface area contributed by atoms with Gasteiger partial charge in [-0.05, 0) is 169 Å². The molecule has 0 radical (unpaired) electrons. The fourth-order valence-electron chi connectivity index (χ4n) is 12.7. The van der Waals surface area contributed by atoms with E-state index in [9.17, 15) is 0 Å². The third-order valence-corrected chi connectivity index (χ3v) is 17.4. The van der Waals surface area contributed by atoms with Crippen LogP contribution in [0, 0.1) is 58.7 Å². The molecule has 4 unspecified atom stereocenters. The van der Waals surface area contributed by atoms with Crippen molar-refractivity contribution >= 4 is 31.9 Å². The van der Waals surface area contributed by atoms with Crippen LogP contribution in [0.3, 0.4) is 0 Å². The lowest BCUT2D eigenvalue weighted by atomic mass is 9.61. The lowest BCUT2D eigenvalue weighted by Crippen LogP contribution is -2.38. The molecule has 0 fully saturated rings. The van der Waals surface area contributed by atoms with Gasteiger partial charge < -0.3 is 0 Å². The van der Waals surface area contributed by atoms with E-state index in [0.717, 1.165) is 92.9 Å². The van der Waals surface area contributed by atoms with Crippen molar-refractivity contribution in [1.82, 2.24) is 0 Å². The summed E-state index contributed by atoms with van der Waals surface area (Å²) in [7, 11) is 0. The standard InChI is InChI=1S/C69H60Br2/c1-8-48-42-53(33-32-49-22-13-9-14-23-49)44-56(43-48)67(6)47-66(4,5)60-59(67)45-55(37-35-51-26-17-11-18-27-51)63(71)61(60)69(40-38-52-28-19-12-20-29-52)41-39-58-64(69)68(7,46-65(58,2)3)57-31-21-30-54(62(57)70)36-34-50-24-15-10-16-25-50/h8-10,13-17,19,21-31,39,41-42,44-45,48H,1,11-12,18,20,43,46-47H2,2-7H3. The van der Waals surface area contributed by atoms with E-state index in [2.05, 4.69) is 243 Å². The van der Waals surface area contributed by atoms with Crippen LogP contribution in [-0.2, 0) is 21.7 Å². The molecule has 0 bridgehead atoms. The molecule has 0 heterocycles. The van der Waals surface area contributed by atoms with Gasteiger partial charge in [0.15, 0.2) is 0 Å². The average Bonchev–Trinajstić information content (AvgIpc) is 3.96. The van der Waals surface area contributed by atoms with Crippen LogP contribution >= 0.6 is 31.9 Å². The maximum Gasteiger partial charge on any atom is 0.0988 e. The first-order chi connectivity index (χ1) is 34.1. The first-order valence-corrected chi connectivity index (χ1v) is 26.8. The Kier molecular flexibility index (Phi) is 13.0. The van der Waals surface area contributed by atoms with Gasteiger partial charge in [0.25, 0.3) is 0 Å². The SMILES string of the molecule is C=CC1C=C(C#Cc2ccccc2)C=C(C2(C)CC(C)(C)c3c2cc(C#CC2=CCCC=C2)c(Br)c3C2(C#CC3=CCCC=C3)C=CC3=C2C(C)(c2cccc(C#Cc4ccccc4)c2Br)CC3(C)C)C1. The highest BCUT2D eigenvalue weighted by Crippen LogP contribution is 2.67. The van der Waals surface area contributed by atoms with Gasteiger partial charge in [-0.25, -0.2) is 0 Å². The predicted molar refractivity (Wildman–Crippen MR) is 305 cm³/mol. The van der Waals surface area contributed by atoms with Crippen molar-refractivity contribution < 1.29 is 0 Å². The zero-order chi connectivity index (χ0) is 49.6. The van der Waals surface area contributed by atoms with Gasteiger partial charge in [0.2, 0.25) is 0 Å². The van der Waals surface area contributed by atoms with Crippen molar-refractivity contribution in [3.63, 3.8) is 0 Å². The second-order valence-electron chi connectivity index (χ2n) is 21.8. The molecule has 0 nitrogen and oxygen atoms in total.